The van der Waals surface area contributed by atoms with Crippen molar-refractivity contribution in [2.45, 2.75) is 32.5 Å². The highest BCUT2D eigenvalue weighted by Gasteiger charge is 2.33. The summed E-state index contributed by atoms with van der Waals surface area (Å²) in [6.45, 7) is 2.44. The average molecular weight is 439 g/mol. The summed E-state index contributed by atoms with van der Waals surface area (Å²) in [4.78, 5) is 30.8. The third kappa shape index (κ3) is 3.79. The fourth-order valence-electron chi connectivity index (χ4n) is 3.19. The van der Waals surface area contributed by atoms with Crippen molar-refractivity contribution in [3.05, 3.63) is 58.1 Å². The van der Waals surface area contributed by atoms with Gasteiger partial charge < -0.3 is 9.47 Å². The van der Waals surface area contributed by atoms with Crippen LogP contribution < -0.4 is 0 Å². The van der Waals surface area contributed by atoms with E-state index in [0.29, 0.717) is 23.6 Å². The Morgan fingerprint density at radius 2 is 2.03 bits per heavy atom. The van der Waals surface area contributed by atoms with Gasteiger partial charge >= 0.3 is 0 Å². The fraction of sp³-hybridized carbons (Fsp3) is 0.278. The van der Waals surface area contributed by atoms with Crippen molar-refractivity contribution in [3.8, 4) is 11.4 Å². The molecule has 0 saturated heterocycles. The number of hydrogen-bond donors (Lipinski definition) is 0. The Labute approximate surface area is 174 Å². The summed E-state index contributed by atoms with van der Waals surface area (Å²) in [5, 5.41) is 0.275. The molecular weight excluding hydrogens is 425 g/mol. The second-order valence-corrected chi connectivity index (χ2v) is 7.32. The molecular formula is C18H14Cl2F2N6O. The van der Waals surface area contributed by atoms with Gasteiger partial charge in [0.25, 0.3) is 12.3 Å². The van der Waals surface area contributed by atoms with Crippen LogP contribution in [0.25, 0.3) is 11.4 Å². The number of pyridine rings is 1. The van der Waals surface area contributed by atoms with Gasteiger partial charge in [0.1, 0.15) is 17.1 Å². The third-order valence-electron chi connectivity index (χ3n) is 4.56. The second kappa shape index (κ2) is 7.64. The first-order valence-electron chi connectivity index (χ1n) is 8.64. The summed E-state index contributed by atoms with van der Waals surface area (Å²) < 4.78 is 27.5. The van der Waals surface area contributed by atoms with E-state index < -0.39 is 6.43 Å². The summed E-state index contributed by atoms with van der Waals surface area (Å²) in [5.41, 5.74) is 0.786. The number of fused-ring (bicyclic) bond motifs is 1. The topological polar surface area (TPSA) is 76.8 Å². The highest BCUT2D eigenvalue weighted by molar-refractivity contribution is 6.33. The zero-order chi connectivity index (χ0) is 20.7. The predicted molar refractivity (Wildman–Crippen MR) is 102 cm³/mol. The van der Waals surface area contributed by atoms with E-state index in [1.54, 1.807) is 21.7 Å². The zero-order valence-corrected chi connectivity index (χ0v) is 16.6. The van der Waals surface area contributed by atoms with Crippen LogP contribution >= 0.6 is 23.2 Å². The molecule has 1 amide bonds. The maximum absolute atomic E-state index is 13.0. The van der Waals surface area contributed by atoms with Crippen LogP contribution in [0, 0.1) is 0 Å². The Balaban J connectivity index is 1.64. The molecule has 4 heterocycles. The van der Waals surface area contributed by atoms with Crippen LogP contribution in [0.3, 0.4) is 0 Å². The summed E-state index contributed by atoms with van der Waals surface area (Å²) in [6.07, 6.45) is 0.375. The van der Waals surface area contributed by atoms with E-state index >= 15 is 0 Å². The number of hydrogen-bond acceptors (Lipinski definition) is 5. The predicted octanol–water partition coefficient (Wildman–Crippen LogP) is 4.02. The van der Waals surface area contributed by atoms with E-state index in [0.717, 1.165) is 0 Å². The van der Waals surface area contributed by atoms with Gasteiger partial charge in [0.05, 0.1) is 23.5 Å². The molecule has 3 aromatic rings. The Morgan fingerprint density at radius 1 is 1.24 bits per heavy atom. The zero-order valence-electron chi connectivity index (χ0n) is 15.1. The van der Waals surface area contributed by atoms with Gasteiger partial charge in [-0.05, 0) is 30.7 Å². The molecule has 1 atom stereocenters. The van der Waals surface area contributed by atoms with Crippen LogP contribution in [0.4, 0.5) is 8.78 Å². The first-order valence-corrected chi connectivity index (χ1v) is 9.39. The lowest BCUT2D eigenvalue weighted by molar-refractivity contribution is 0.0583. The SMILES string of the molecule is C[C@H]1Cn2cc(-c3nc(Cl)ncc3Cl)nc2C(=O)N1Cc1cccc(C(F)F)n1. The number of nitrogens with zero attached hydrogens (tertiary/aromatic N) is 6. The Bertz CT molecular complexity index is 1090. The van der Waals surface area contributed by atoms with Gasteiger partial charge in [0.15, 0.2) is 5.82 Å². The van der Waals surface area contributed by atoms with Gasteiger partial charge in [-0.15, -0.1) is 0 Å². The number of imidazole rings is 1. The summed E-state index contributed by atoms with van der Waals surface area (Å²) in [5.74, 6) is -0.135. The molecule has 0 saturated carbocycles. The minimum atomic E-state index is -2.67. The van der Waals surface area contributed by atoms with Crippen LogP contribution in [-0.2, 0) is 13.1 Å². The Morgan fingerprint density at radius 3 is 2.79 bits per heavy atom. The molecule has 0 bridgehead atoms. The van der Waals surface area contributed by atoms with Crippen molar-refractivity contribution in [3.63, 3.8) is 0 Å². The van der Waals surface area contributed by atoms with Gasteiger partial charge in [0.2, 0.25) is 5.28 Å². The number of alkyl halides is 2. The lowest BCUT2D eigenvalue weighted by atomic mass is 10.2. The van der Waals surface area contributed by atoms with E-state index in [-0.39, 0.29) is 40.3 Å². The minimum absolute atomic E-state index is 0.0154. The van der Waals surface area contributed by atoms with Gasteiger partial charge in [-0.1, -0.05) is 17.7 Å². The minimum Gasteiger partial charge on any atom is -0.326 e. The molecule has 29 heavy (non-hydrogen) atoms. The first kappa shape index (κ1) is 19.7. The maximum Gasteiger partial charge on any atom is 0.290 e. The van der Waals surface area contributed by atoms with E-state index in [1.165, 1.54) is 18.3 Å². The van der Waals surface area contributed by atoms with Crippen LogP contribution in [0.2, 0.25) is 10.3 Å². The molecule has 7 nitrogen and oxygen atoms in total. The van der Waals surface area contributed by atoms with Crippen LogP contribution in [0.15, 0.2) is 30.6 Å². The summed E-state index contributed by atoms with van der Waals surface area (Å²) >= 11 is 12.0. The van der Waals surface area contributed by atoms with Crippen LogP contribution in [-0.4, -0.2) is 41.4 Å². The molecule has 1 aliphatic heterocycles. The van der Waals surface area contributed by atoms with Crippen LogP contribution in [0.5, 0.6) is 0 Å². The van der Waals surface area contributed by atoms with Crippen molar-refractivity contribution >= 4 is 29.1 Å². The summed E-state index contributed by atoms with van der Waals surface area (Å²) in [7, 11) is 0. The average Bonchev–Trinajstić information content (AvgIpc) is 3.11. The van der Waals surface area contributed by atoms with Gasteiger partial charge in [-0.2, -0.15) is 0 Å². The molecule has 0 aliphatic carbocycles. The first-order chi connectivity index (χ1) is 13.8. The molecule has 0 radical (unpaired) electrons. The number of rotatable bonds is 4. The Kier molecular flexibility index (Phi) is 5.18. The van der Waals surface area contributed by atoms with E-state index in [1.807, 2.05) is 6.92 Å². The number of amides is 1. The lowest BCUT2D eigenvalue weighted by Gasteiger charge is -2.33. The van der Waals surface area contributed by atoms with E-state index in [9.17, 15) is 13.6 Å². The number of carbonyl (C=O) groups excluding carboxylic acids is 1. The monoisotopic (exact) mass is 438 g/mol. The van der Waals surface area contributed by atoms with E-state index in [4.69, 9.17) is 23.2 Å². The molecule has 4 rings (SSSR count). The highest BCUT2D eigenvalue weighted by Crippen LogP contribution is 2.28. The Hall–Kier alpha value is -2.65. The molecule has 0 spiro atoms. The number of halogens is 4. The van der Waals surface area contributed by atoms with Crippen LogP contribution in [0.1, 0.15) is 35.4 Å². The largest absolute Gasteiger partial charge is 0.326 e. The molecule has 11 heteroatoms. The van der Waals surface area contributed by atoms with Crippen molar-refractivity contribution in [2.24, 2.45) is 0 Å². The molecule has 0 aromatic carbocycles. The molecule has 0 N–H and O–H groups in total. The maximum atomic E-state index is 13.0. The van der Waals surface area contributed by atoms with Crippen molar-refractivity contribution in [1.29, 1.82) is 0 Å². The normalized spacial score (nSPS) is 16.4. The number of carbonyl (C=O) groups is 1. The van der Waals surface area contributed by atoms with Crippen molar-refractivity contribution in [1.82, 2.24) is 29.4 Å². The molecule has 1 aliphatic rings. The molecule has 150 valence electrons. The summed E-state index contributed by atoms with van der Waals surface area (Å²) in [6, 6.07) is 4.17. The van der Waals surface area contributed by atoms with Gasteiger partial charge in [0, 0.05) is 18.8 Å². The number of aromatic nitrogens is 5. The lowest BCUT2D eigenvalue weighted by Crippen LogP contribution is -2.46. The van der Waals surface area contributed by atoms with E-state index in [2.05, 4.69) is 19.9 Å². The van der Waals surface area contributed by atoms with Crippen molar-refractivity contribution < 1.29 is 13.6 Å². The highest BCUT2D eigenvalue weighted by atomic mass is 35.5. The fourth-order valence-corrected chi connectivity index (χ4v) is 3.51. The van der Waals surface area contributed by atoms with Gasteiger partial charge in [-0.25, -0.2) is 28.7 Å². The quantitative estimate of drug-likeness (QED) is 0.574. The molecule has 0 unspecified atom stereocenters. The third-order valence-corrected chi connectivity index (χ3v) is 5.02. The molecule has 3 aromatic heterocycles. The standard InChI is InChI=1S/C18H14Cl2F2N6O/c1-9-6-27-8-13(14-11(19)5-23-18(20)26-14)25-16(27)17(29)28(9)7-10-3-2-4-12(24-10)15(21)22/h2-5,8-9,15H,6-7H2,1H3/t9-/m0/s1. The molecule has 0 fully saturated rings. The second-order valence-electron chi connectivity index (χ2n) is 6.57. The smallest absolute Gasteiger partial charge is 0.290 e. The van der Waals surface area contributed by atoms with Crippen molar-refractivity contribution in [2.75, 3.05) is 0 Å². The van der Waals surface area contributed by atoms with Gasteiger partial charge in [-0.3, -0.25) is 4.79 Å².